The molecule has 0 heterocycles. The number of carbonyl (C=O) groups excluding carboxylic acids is 2. The van der Waals surface area contributed by atoms with E-state index >= 15 is 0 Å². The minimum Gasteiger partial charge on any atom is -0.489 e. The van der Waals surface area contributed by atoms with E-state index in [0.717, 1.165) is 11.1 Å². The summed E-state index contributed by atoms with van der Waals surface area (Å²) in [6.45, 7) is 5.77. The predicted molar refractivity (Wildman–Crippen MR) is 111 cm³/mol. The molecule has 0 unspecified atom stereocenters. The Morgan fingerprint density at radius 1 is 1.07 bits per heavy atom. The van der Waals surface area contributed by atoms with Crippen molar-refractivity contribution in [3.8, 4) is 11.8 Å². The van der Waals surface area contributed by atoms with Crippen LogP contribution in [0.25, 0.3) is 0 Å². The highest BCUT2D eigenvalue weighted by molar-refractivity contribution is 5.92. The van der Waals surface area contributed by atoms with Gasteiger partial charge in [0.2, 0.25) is 5.91 Å². The van der Waals surface area contributed by atoms with Crippen molar-refractivity contribution in [2.24, 2.45) is 0 Å². The number of amides is 3. The maximum atomic E-state index is 12.1. The van der Waals surface area contributed by atoms with Crippen LogP contribution in [0.2, 0.25) is 0 Å². The SMILES string of the molecule is CC(C)(C)NC(=O)CNC(=O)Nc1ccccc1COc1ccc(CC#N)cc1. The second kappa shape index (κ2) is 10.1. The summed E-state index contributed by atoms with van der Waals surface area (Å²) in [6.07, 6.45) is 0.357. The number of para-hydroxylation sites is 1. The van der Waals surface area contributed by atoms with Gasteiger partial charge in [-0.15, -0.1) is 0 Å². The van der Waals surface area contributed by atoms with Crippen molar-refractivity contribution in [2.75, 3.05) is 11.9 Å². The summed E-state index contributed by atoms with van der Waals surface area (Å²) >= 11 is 0. The highest BCUT2D eigenvalue weighted by Gasteiger charge is 2.14. The fourth-order valence-electron chi connectivity index (χ4n) is 2.51. The molecule has 0 spiro atoms. The van der Waals surface area contributed by atoms with E-state index in [9.17, 15) is 9.59 Å². The first-order valence-electron chi connectivity index (χ1n) is 9.29. The lowest BCUT2D eigenvalue weighted by molar-refractivity contribution is -0.121. The minimum atomic E-state index is -0.470. The summed E-state index contributed by atoms with van der Waals surface area (Å²) in [7, 11) is 0. The van der Waals surface area contributed by atoms with Gasteiger partial charge in [0.05, 0.1) is 19.0 Å². The van der Waals surface area contributed by atoms with Crippen molar-refractivity contribution >= 4 is 17.6 Å². The lowest BCUT2D eigenvalue weighted by Crippen LogP contribution is -2.46. The maximum Gasteiger partial charge on any atom is 0.319 e. The van der Waals surface area contributed by atoms with Crippen LogP contribution >= 0.6 is 0 Å². The van der Waals surface area contributed by atoms with Crippen LogP contribution < -0.4 is 20.7 Å². The van der Waals surface area contributed by atoms with Gasteiger partial charge in [-0.3, -0.25) is 4.79 Å². The molecule has 0 saturated carbocycles. The molecular formula is C22H26N4O3. The van der Waals surface area contributed by atoms with E-state index in [2.05, 4.69) is 22.0 Å². The van der Waals surface area contributed by atoms with E-state index in [1.807, 2.05) is 63.2 Å². The minimum absolute atomic E-state index is 0.114. The molecule has 3 N–H and O–H groups in total. The monoisotopic (exact) mass is 394 g/mol. The Bertz CT molecular complexity index is 880. The first-order valence-corrected chi connectivity index (χ1v) is 9.29. The Morgan fingerprint density at radius 2 is 1.76 bits per heavy atom. The molecule has 0 aliphatic heterocycles. The fourth-order valence-corrected chi connectivity index (χ4v) is 2.51. The third-order valence-electron chi connectivity index (χ3n) is 3.79. The van der Waals surface area contributed by atoms with Gasteiger partial charge in [0.25, 0.3) is 0 Å². The molecule has 7 nitrogen and oxygen atoms in total. The number of nitriles is 1. The van der Waals surface area contributed by atoms with E-state index in [0.29, 0.717) is 17.9 Å². The van der Waals surface area contributed by atoms with Gasteiger partial charge in [-0.05, 0) is 44.5 Å². The van der Waals surface area contributed by atoms with Gasteiger partial charge >= 0.3 is 6.03 Å². The Morgan fingerprint density at radius 3 is 2.41 bits per heavy atom. The summed E-state index contributed by atoms with van der Waals surface area (Å²) in [5, 5.41) is 16.8. The second-order valence-corrected chi connectivity index (χ2v) is 7.53. The molecule has 0 aliphatic rings. The quantitative estimate of drug-likeness (QED) is 0.670. The largest absolute Gasteiger partial charge is 0.489 e. The Kier molecular flexibility index (Phi) is 7.61. The van der Waals surface area contributed by atoms with Crippen LogP contribution in [0, 0.1) is 11.3 Å². The average molecular weight is 394 g/mol. The molecule has 2 aromatic rings. The number of nitrogens with one attached hydrogen (secondary N) is 3. The number of carbonyl (C=O) groups is 2. The smallest absolute Gasteiger partial charge is 0.319 e. The van der Waals surface area contributed by atoms with E-state index in [-0.39, 0.29) is 24.6 Å². The molecule has 0 fully saturated rings. The fraction of sp³-hybridized carbons (Fsp3) is 0.318. The van der Waals surface area contributed by atoms with Crippen molar-refractivity contribution in [3.05, 3.63) is 59.7 Å². The van der Waals surface area contributed by atoms with Crippen LogP contribution in [-0.2, 0) is 17.8 Å². The molecule has 0 saturated heterocycles. The normalized spacial score (nSPS) is 10.6. The standard InChI is InChI=1S/C22H26N4O3/c1-22(2,3)26-20(27)14-24-21(28)25-19-7-5-4-6-17(19)15-29-18-10-8-16(9-11-18)12-13-23/h4-11H,12,14-15H2,1-3H3,(H,26,27)(H2,24,25,28). The molecule has 3 amide bonds. The second-order valence-electron chi connectivity index (χ2n) is 7.53. The van der Waals surface area contributed by atoms with Crippen molar-refractivity contribution in [1.29, 1.82) is 5.26 Å². The number of benzene rings is 2. The molecule has 2 rings (SSSR count). The van der Waals surface area contributed by atoms with Crippen LogP contribution in [0.15, 0.2) is 48.5 Å². The van der Waals surface area contributed by atoms with Crippen LogP contribution in [0.1, 0.15) is 31.9 Å². The van der Waals surface area contributed by atoms with Gasteiger partial charge in [0, 0.05) is 16.8 Å². The molecule has 0 aliphatic carbocycles. The summed E-state index contributed by atoms with van der Waals surface area (Å²) in [6, 6.07) is 16.2. The van der Waals surface area contributed by atoms with Gasteiger partial charge in [-0.1, -0.05) is 30.3 Å². The zero-order chi connectivity index (χ0) is 21.3. The van der Waals surface area contributed by atoms with E-state index < -0.39 is 6.03 Å². The van der Waals surface area contributed by atoms with Crippen molar-refractivity contribution < 1.29 is 14.3 Å². The number of hydrogen-bond acceptors (Lipinski definition) is 4. The van der Waals surface area contributed by atoms with Gasteiger partial charge < -0.3 is 20.7 Å². The Labute approximate surface area is 171 Å². The van der Waals surface area contributed by atoms with Crippen molar-refractivity contribution in [1.82, 2.24) is 10.6 Å². The summed E-state index contributed by atoms with van der Waals surface area (Å²) in [5.74, 6) is 0.411. The van der Waals surface area contributed by atoms with Gasteiger partial charge in [0.15, 0.2) is 0 Å². The van der Waals surface area contributed by atoms with E-state index in [1.54, 1.807) is 6.07 Å². The summed E-state index contributed by atoms with van der Waals surface area (Å²) < 4.78 is 5.78. The summed E-state index contributed by atoms with van der Waals surface area (Å²) in [4.78, 5) is 24.0. The lowest BCUT2D eigenvalue weighted by atomic mass is 10.1. The third-order valence-corrected chi connectivity index (χ3v) is 3.79. The molecule has 7 heteroatoms. The predicted octanol–water partition coefficient (Wildman–Crippen LogP) is 3.37. The number of rotatable bonds is 7. The Balaban J connectivity index is 1.90. The van der Waals surface area contributed by atoms with Crippen molar-refractivity contribution in [2.45, 2.75) is 39.3 Å². The maximum absolute atomic E-state index is 12.1. The molecule has 2 aromatic carbocycles. The van der Waals surface area contributed by atoms with Crippen LogP contribution in [0.4, 0.5) is 10.5 Å². The first kappa shape index (κ1) is 21.8. The zero-order valence-corrected chi connectivity index (χ0v) is 16.9. The molecule has 152 valence electrons. The number of hydrogen-bond donors (Lipinski definition) is 3. The average Bonchev–Trinajstić information content (AvgIpc) is 2.66. The number of urea groups is 1. The van der Waals surface area contributed by atoms with E-state index in [1.165, 1.54) is 0 Å². The molecule has 0 atom stereocenters. The zero-order valence-electron chi connectivity index (χ0n) is 16.9. The van der Waals surface area contributed by atoms with Crippen molar-refractivity contribution in [3.63, 3.8) is 0 Å². The Hall–Kier alpha value is -3.53. The van der Waals surface area contributed by atoms with Crippen LogP contribution in [-0.4, -0.2) is 24.0 Å². The molecule has 0 bridgehead atoms. The number of anilines is 1. The molecule has 0 radical (unpaired) electrons. The molecule has 29 heavy (non-hydrogen) atoms. The van der Waals surface area contributed by atoms with Gasteiger partial charge in [0.1, 0.15) is 12.4 Å². The highest BCUT2D eigenvalue weighted by Crippen LogP contribution is 2.19. The van der Waals surface area contributed by atoms with Crippen LogP contribution in [0.3, 0.4) is 0 Å². The topological polar surface area (TPSA) is 103 Å². The van der Waals surface area contributed by atoms with E-state index in [4.69, 9.17) is 10.00 Å². The molecule has 0 aromatic heterocycles. The van der Waals surface area contributed by atoms with Crippen LogP contribution in [0.5, 0.6) is 5.75 Å². The van der Waals surface area contributed by atoms with Gasteiger partial charge in [-0.25, -0.2) is 4.79 Å². The third kappa shape index (κ3) is 7.93. The highest BCUT2D eigenvalue weighted by atomic mass is 16.5. The summed E-state index contributed by atoms with van der Waals surface area (Å²) in [5.41, 5.74) is 1.96. The van der Waals surface area contributed by atoms with Gasteiger partial charge in [-0.2, -0.15) is 5.26 Å². The number of nitrogens with zero attached hydrogens (tertiary/aromatic N) is 1. The lowest BCUT2D eigenvalue weighted by Gasteiger charge is -2.20. The molecular weight excluding hydrogens is 368 g/mol. The first-order chi connectivity index (χ1) is 13.8. The number of ether oxygens (including phenoxy) is 1.